The molecule has 0 aromatic carbocycles. The van der Waals surface area contributed by atoms with Gasteiger partial charge in [-0.15, -0.1) is 0 Å². The third kappa shape index (κ3) is 4.14. The van der Waals surface area contributed by atoms with Crippen LogP contribution in [0, 0.1) is 0 Å². The van der Waals surface area contributed by atoms with Gasteiger partial charge in [-0.3, -0.25) is 9.69 Å². The van der Waals surface area contributed by atoms with E-state index in [9.17, 15) is 4.79 Å². The van der Waals surface area contributed by atoms with Gasteiger partial charge in [0, 0.05) is 51.7 Å². The number of piperazine rings is 1. The van der Waals surface area contributed by atoms with Crippen LogP contribution in [0.1, 0.15) is 12.8 Å². The molecule has 22 heavy (non-hydrogen) atoms. The van der Waals surface area contributed by atoms with Crippen molar-refractivity contribution in [3.63, 3.8) is 0 Å². The molecular weight excluding hydrogens is 282 g/mol. The molecule has 0 radical (unpaired) electrons. The Kier molecular flexibility index (Phi) is 5.18. The number of hydrogen-bond acceptors (Lipinski definition) is 6. The van der Waals surface area contributed by atoms with E-state index in [4.69, 9.17) is 4.74 Å². The standard InChI is InChI=1S/C15H23N5O2/c21-14(18-11-13-3-1-10-22-13)12-19-6-8-20(9-7-19)15-16-4-2-5-17-15/h2,4-5,13H,1,3,6-12H2,(H,18,21)/t13-/m0/s1. The van der Waals surface area contributed by atoms with Gasteiger partial charge < -0.3 is 15.0 Å². The van der Waals surface area contributed by atoms with Gasteiger partial charge in [-0.25, -0.2) is 9.97 Å². The Morgan fingerprint density at radius 2 is 2.05 bits per heavy atom. The number of anilines is 1. The average molecular weight is 305 g/mol. The molecule has 2 saturated heterocycles. The summed E-state index contributed by atoms with van der Waals surface area (Å²) in [6, 6.07) is 1.82. The smallest absolute Gasteiger partial charge is 0.234 e. The first-order valence-corrected chi connectivity index (χ1v) is 7.94. The predicted molar refractivity (Wildman–Crippen MR) is 82.7 cm³/mol. The highest BCUT2D eigenvalue weighted by molar-refractivity contribution is 5.78. The molecular formula is C15H23N5O2. The molecule has 3 rings (SSSR count). The van der Waals surface area contributed by atoms with E-state index in [0.717, 1.165) is 51.6 Å². The number of ether oxygens (including phenoxy) is 1. The molecule has 2 fully saturated rings. The second-order valence-electron chi connectivity index (χ2n) is 5.75. The SMILES string of the molecule is O=C(CN1CCN(c2ncccn2)CC1)NC[C@@H]1CCCO1. The summed E-state index contributed by atoms with van der Waals surface area (Å²) >= 11 is 0. The normalized spacial score (nSPS) is 22.7. The summed E-state index contributed by atoms with van der Waals surface area (Å²) in [5.74, 6) is 0.852. The number of carbonyl (C=O) groups is 1. The maximum atomic E-state index is 12.0. The third-order valence-electron chi connectivity index (χ3n) is 4.13. The van der Waals surface area contributed by atoms with E-state index in [-0.39, 0.29) is 12.0 Å². The number of hydrogen-bond donors (Lipinski definition) is 1. The van der Waals surface area contributed by atoms with Crippen molar-refractivity contribution in [3.05, 3.63) is 18.5 Å². The molecule has 7 heteroatoms. The van der Waals surface area contributed by atoms with Gasteiger partial charge in [-0.05, 0) is 18.9 Å². The number of rotatable bonds is 5. The van der Waals surface area contributed by atoms with Crippen molar-refractivity contribution in [2.24, 2.45) is 0 Å². The van der Waals surface area contributed by atoms with Gasteiger partial charge in [0.1, 0.15) is 0 Å². The number of aromatic nitrogens is 2. The van der Waals surface area contributed by atoms with Gasteiger partial charge >= 0.3 is 0 Å². The first kappa shape index (κ1) is 15.2. The van der Waals surface area contributed by atoms with E-state index < -0.39 is 0 Å². The van der Waals surface area contributed by atoms with Crippen LogP contribution in [0.3, 0.4) is 0 Å². The van der Waals surface area contributed by atoms with Crippen LogP contribution < -0.4 is 10.2 Å². The van der Waals surface area contributed by atoms with Crippen molar-refractivity contribution in [2.45, 2.75) is 18.9 Å². The summed E-state index contributed by atoms with van der Waals surface area (Å²) in [6.45, 7) is 5.32. The maximum Gasteiger partial charge on any atom is 0.234 e. The Morgan fingerprint density at radius 3 is 2.73 bits per heavy atom. The fourth-order valence-corrected chi connectivity index (χ4v) is 2.85. The van der Waals surface area contributed by atoms with Gasteiger partial charge in [-0.1, -0.05) is 0 Å². The van der Waals surface area contributed by atoms with E-state index in [0.29, 0.717) is 13.1 Å². The summed E-state index contributed by atoms with van der Waals surface area (Å²) < 4.78 is 5.51. The summed E-state index contributed by atoms with van der Waals surface area (Å²) in [6.07, 6.45) is 5.87. The number of nitrogens with one attached hydrogen (secondary N) is 1. The predicted octanol–water partition coefficient (Wildman–Crippen LogP) is -0.106. The Morgan fingerprint density at radius 1 is 1.27 bits per heavy atom. The fraction of sp³-hybridized carbons (Fsp3) is 0.667. The maximum absolute atomic E-state index is 12.0. The molecule has 1 aromatic heterocycles. The van der Waals surface area contributed by atoms with Gasteiger partial charge in [-0.2, -0.15) is 0 Å². The average Bonchev–Trinajstić information content (AvgIpc) is 3.08. The molecule has 0 bridgehead atoms. The zero-order valence-electron chi connectivity index (χ0n) is 12.8. The zero-order valence-corrected chi connectivity index (χ0v) is 12.8. The molecule has 1 aromatic rings. The van der Waals surface area contributed by atoms with Crippen molar-refractivity contribution >= 4 is 11.9 Å². The van der Waals surface area contributed by atoms with Crippen LogP contribution in [-0.4, -0.2) is 72.8 Å². The van der Waals surface area contributed by atoms with Crippen molar-refractivity contribution in [1.82, 2.24) is 20.2 Å². The molecule has 0 saturated carbocycles. The van der Waals surface area contributed by atoms with Crippen LogP contribution >= 0.6 is 0 Å². The molecule has 120 valence electrons. The van der Waals surface area contributed by atoms with E-state index in [1.165, 1.54) is 0 Å². The van der Waals surface area contributed by atoms with E-state index in [2.05, 4.69) is 25.1 Å². The first-order chi connectivity index (χ1) is 10.8. The first-order valence-electron chi connectivity index (χ1n) is 7.94. The van der Waals surface area contributed by atoms with Crippen molar-refractivity contribution in [2.75, 3.05) is 50.8 Å². The highest BCUT2D eigenvalue weighted by Crippen LogP contribution is 2.11. The van der Waals surface area contributed by atoms with Crippen molar-refractivity contribution in [1.29, 1.82) is 0 Å². The molecule has 1 N–H and O–H groups in total. The number of nitrogens with zero attached hydrogens (tertiary/aromatic N) is 4. The van der Waals surface area contributed by atoms with Gasteiger partial charge in [0.15, 0.2) is 0 Å². The minimum atomic E-state index is 0.0833. The van der Waals surface area contributed by atoms with Crippen LogP contribution in [0.4, 0.5) is 5.95 Å². The summed E-state index contributed by atoms with van der Waals surface area (Å²) in [7, 11) is 0. The highest BCUT2D eigenvalue weighted by atomic mass is 16.5. The monoisotopic (exact) mass is 305 g/mol. The molecule has 7 nitrogen and oxygen atoms in total. The quantitative estimate of drug-likeness (QED) is 0.819. The Hall–Kier alpha value is -1.73. The summed E-state index contributed by atoms with van der Waals surface area (Å²) in [5.41, 5.74) is 0. The van der Waals surface area contributed by atoms with Crippen LogP contribution in [0.2, 0.25) is 0 Å². The van der Waals surface area contributed by atoms with Crippen LogP contribution in [-0.2, 0) is 9.53 Å². The Balaban J connectivity index is 1.37. The summed E-state index contributed by atoms with van der Waals surface area (Å²) in [5, 5.41) is 2.97. The molecule has 2 aliphatic heterocycles. The van der Waals surface area contributed by atoms with Gasteiger partial charge in [0.05, 0.1) is 12.6 Å². The van der Waals surface area contributed by atoms with E-state index in [1.807, 2.05) is 6.07 Å². The van der Waals surface area contributed by atoms with Crippen molar-refractivity contribution in [3.8, 4) is 0 Å². The minimum absolute atomic E-state index is 0.0833. The lowest BCUT2D eigenvalue weighted by atomic mass is 10.2. The van der Waals surface area contributed by atoms with Gasteiger partial charge in [0.25, 0.3) is 0 Å². The number of amides is 1. The van der Waals surface area contributed by atoms with Crippen molar-refractivity contribution < 1.29 is 9.53 Å². The van der Waals surface area contributed by atoms with Crippen LogP contribution in [0.5, 0.6) is 0 Å². The lowest BCUT2D eigenvalue weighted by Crippen LogP contribution is -2.50. The van der Waals surface area contributed by atoms with Crippen LogP contribution in [0.25, 0.3) is 0 Å². The minimum Gasteiger partial charge on any atom is -0.376 e. The lowest BCUT2D eigenvalue weighted by molar-refractivity contribution is -0.122. The molecule has 0 unspecified atom stereocenters. The largest absolute Gasteiger partial charge is 0.376 e. The zero-order chi connectivity index (χ0) is 15.2. The lowest BCUT2D eigenvalue weighted by Gasteiger charge is -2.34. The Labute approximate surface area is 130 Å². The molecule has 2 aliphatic rings. The molecule has 1 atom stereocenters. The molecule has 3 heterocycles. The molecule has 0 spiro atoms. The Bertz CT molecular complexity index is 470. The summed E-state index contributed by atoms with van der Waals surface area (Å²) in [4.78, 5) is 24.8. The number of carbonyl (C=O) groups excluding carboxylic acids is 1. The third-order valence-corrected chi connectivity index (χ3v) is 4.13. The molecule has 0 aliphatic carbocycles. The van der Waals surface area contributed by atoms with Gasteiger partial charge in [0.2, 0.25) is 11.9 Å². The molecule has 1 amide bonds. The topological polar surface area (TPSA) is 70.6 Å². The highest BCUT2D eigenvalue weighted by Gasteiger charge is 2.21. The second kappa shape index (κ2) is 7.51. The fourth-order valence-electron chi connectivity index (χ4n) is 2.85. The van der Waals surface area contributed by atoms with E-state index in [1.54, 1.807) is 12.4 Å². The second-order valence-corrected chi connectivity index (χ2v) is 5.75. The van der Waals surface area contributed by atoms with Crippen LogP contribution in [0.15, 0.2) is 18.5 Å². The van der Waals surface area contributed by atoms with E-state index >= 15 is 0 Å².